The van der Waals surface area contributed by atoms with Gasteiger partial charge in [-0.3, -0.25) is 0 Å². The molecule has 1 N–H and O–H groups in total. The standard InChI is InChI=1S/C14H22OS/c1-10-9-13(3,4)6-7-14(10,15)12-5-8-16-11(12)2/h5,8,10,15H,6-7,9H2,1-4H3. The molecule has 1 nitrogen and oxygen atoms in total. The van der Waals surface area contributed by atoms with Crippen LogP contribution in [0.25, 0.3) is 0 Å². The molecule has 0 aromatic carbocycles. The lowest BCUT2D eigenvalue weighted by Gasteiger charge is -2.45. The van der Waals surface area contributed by atoms with Gasteiger partial charge in [0, 0.05) is 4.88 Å². The summed E-state index contributed by atoms with van der Waals surface area (Å²) in [6.45, 7) is 8.93. The fourth-order valence-corrected chi connectivity index (χ4v) is 3.89. The molecular weight excluding hydrogens is 216 g/mol. The number of hydrogen-bond acceptors (Lipinski definition) is 2. The molecule has 1 aromatic rings. The van der Waals surface area contributed by atoms with Crippen molar-refractivity contribution in [3.05, 3.63) is 21.9 Å². The summed E-state index contributed by atoms with van der Waals surface area (Å²) >= 11 is 1.74. The van der Waals surface area contributed by atoms with Crippen LogP contribution in [-0.2, 0) is 5.60 Å². The first-order valence-electron chi connectivity index (χ1n) is 6.12. The molecule has 0 radical (unpaired) electrons. The Balaban J connectivity index is 2.30. The Morgan fingerprint density at radius 2 is 2.06 bits per heavy atom. The zero-order valence-electron chi connectivity index (χ0n) is 10.7. The first-order chi connectivity index (χ1) is 7.35. The molecule has 1 heterocycles. The molecule has 0 bridgehead atoms. The van der Waals surface area contributed by atoms with Crippen molar-refractivity contribution < 1.29 is 5.11 Å². The van der Waals surface area contributed by atoms with Gasteiger partial charge in [0.05, 0.1) is 5.60 Å². The second-order valence-corrected chi connectivity index (χ2v) is 7.20. The molecule has 2 unspecified atom stereocenters. The topological polar surface area (TPSA) is 20.2 Å². The Hall–Kier alpha value is -0.340. The summed E-state index contributed by atoms with van der Waals surface area (Å²) in [7, 11) is 0. The third-order valence-electron chi connectivity index (χ3n) is 4.18. The maximum absolute atomic E-state index is 10.9. The van der Waals surface area contributed by atoms with Crippen molar-refractivity contribution in [2.24, 2.45) is 11.3 Å². The maximum atomic E-state index is 10.9. The van der Waals surface area contributed by atoms with Crippen molar-refractivity contribution in [3.8, 4) is 0 Å². The second kappa shape index (κ2) is 3.85. The van der Waals surface area contributed by atoms with Gasteiger partial charge in [0.2, 0.25) is 0 Å². The predicted octanol–water partition coefficient (Wildman–Crippen LogP) is 4.09. The van der Waals surface area contributed by atoms with Gasteiger partial charge in [-0.25, -0.2) is 0 Å². The van der Waals surface area contributed by atoms with Crippen LogP contribution in [0.5, 0.6) is 0 Å². The monoisotopic (exact) mass is 238 g/mol. The number of thiophene rings is 1. The molecule has 16 heavy (non-hydrogen) atoms. The van der Waals surface area contributed by atoms with Crippen LogP contribution in [0.4, 0.5) is 0 Å². The smallest absolute Gasteiger partial charge is 0.0932 e. The van der Waals surface area contributed by atoms with E-state index in [9.17, 15) is 5.11 Å². The molecule has 90 valence electrons. The Bertz CT molecular complexity index is 380. The SMILES string of the molecule is Cc1sccc1C1(O)CCC(C)(C)CC1C. The van der Waals surface area contributed by atoms with Gasteiger partial charge in [-0.1, -0.05) is 20.8 Å². The summed E-state index contributed by atoms with van der Waals surface area (Å²) < 4.78 is 0. The van der Waals surface area contributed by atoms with Crippen molar-refractivity contribution >= 4 is 11.3 Å². The molecule has 0 spiro atoms. The minimum Gasteiger partial charge on any atom is -0.385 e. The molecule has 2 atom stereocenters. The van der Waals surface area contributed by atoms with E-state index in [4.69, 9.17) is 0 Å². The van der Waals surface area contributed by atoms with E-state index in [1.54, 1.807) is 11.3 Å². The van der Waals surface area contributed by atoms with Gasteiger partial charge in [0.1, 0.15) is 0 Å². The first-order valence-corrected chi connectivity index (χ1v) is 7.00. The van der Waals surface area contributed by atoms with Gasteiger partial charge in [0.15, 0.2) is 0 Å². The molecule has 0 aliphatic heterocycles. The molecule has 0 amide bonds. The lowest BCUT2D eigenvalue weighted by molar-refractivity contribution is -0.0770. The Labute approximate surface area is 103 Å². The number of aliphatic hydroxyl groups is 1. The summed E-state index contributed by atoms with van der Waals surface area (Å²) in [6.07, 6.45) is 3.13. The first kappa shape index (κ1) is 12.1. The number of hydrogen-bond donors (Lipinski definition) is 1. The van der Waals surface area contributed by atoms with Crippen LogP contribution in [0.2, 0.25) is 0 Å². The highest BCUT2D eigenvalue weighted by atomic mass is 32.1. The summed E-state index contributed by atoms with van der Waals surface area (Å²) in [5.41, 5.74) is 0.968. The lowest BCUT2D eigenvalue weighted by atomic mass is 9.63. The molecule has 0 saturated heterocycles. The van der Waals surface area contributed by atoms with Crippen molar-refractivity contribution in [3.63, 3.8) is 0 Å². The summed E-state index contributed by atoms with van der Waals surface area (Å²) in [4.78, 5) is 1.27. The van der Waals surface area contributed by atoms with Crippen LogP contribution in [0.15, 0.2) is 11.4 Å². The Morgan fingerprint density at radius 3 is 2.56 bits per heavy atom. The summed E-state index contributed by atoms with van der Waals surface area (Å²) in [5.74, 6) is 0.351. The zero-order chi connectivity index (χ0) is 12.0. The van der Waals surface area contributed by atoms with E-state index in [0.29, 0.717) is 11.3 Å². The molecule has 1 aromatic heterocycles. The third kappa shape index (κ3) is 1.93. The average molecular weight is 238 g/mol. The van der Waals surface area contributed by atoms with Gasteiger partial charge in [-0.2, -0.15) is 0 Å². The summed E-state index contributed by atoms with van der Waals surface area (Å²) in [5, 5.41) is 13.0. The molecule has 2 heteroatoms. The van der Waals surface area contributed by atoms with Gasteiger partial charge >= 0.3 is 0 Å². The molecule has 1 aliphatic carbocycles. The minimum absolute atomic E-state index is 0.351. The fourth-order valence-electron chi connectivity index (χ4n) is 3.11. The second-order valence-electron chi connectivity index (χ2n) is 6.08. The fraction of sp³-hybridized carbons (Fsp3) is 0.714. The minimum atomic E-state index is -0.584. The molecule has 1 saturated carbocycles. The van der Waals surface area contributed by atoms with Gasteiger partial charge < -0.3 is 5.11 Å². The average Bonchev–Trinajstić information content (AvgIpc) is 2.59. The largest absolute Gasteiger partial charge is 0.385 e. The van der Waals surface area contributed by atoms with Crippen molar-refractivity contribution in [2.75, 3.05) is 0 Å². The van der Waals surface area contributed by atoms with E-state index in [1.807, 2.05) is 0 Å². The highest BCUT2D eigenvalue weighted by Gasteiger charge is 2.44. The van der Waals surface area contributed by atoms with Crippen molar-refractivity contribution in [1.82, 2.24) is 0 Å². The van der Waals surface area contributed by atoms with Crippen LogP contribution in [-0.4, -0.2) is 5.11 Å². The molecular formula is C14H22OS. The van der Waals surface area contributed by atoms with Crippen LogP contribution >= 0.6 is 11.3 Å². The van der Waals surface area contributed by atoms with E-state index >= 15 is 0 Å². The van der Waals surface area contributed by atoms with Crippen LogP contribution < -0.4 is 0 Å². The third-order valence-corrected chi connectivity index (χ3v) is 5.03. The van der Waals surface area contributed by atoms with E-state index in [0.717, 1.165) is 19.3 Å². The summed E-state index contributed by atoms with van der Waals surface area (Å²) in [6, 6.07) is 2.11. The van der Waals surface area contributed by atoms with E-state index < -0.39 is 5.60 Å². The Kier molecular flexibility index (Phi) is 2.92. The van der Waals surface area contributed by atoms with Crippen LogP contribution in [0.3, 0.4) is 0 Å². The molecule has 1 aliphatic rings. The normalized spacial score (nSPS) is 33.9. The molecule has 1 fully saturated rings. The van der Waals surface area contributed by atoms with E-state index in [2.05, 4.69) is 39.1 Å². The van der Waals surface area contributed by atoms with E-state index in [-0.39, 0.29) is 0 Å². The predicted molar refractivity (Wildman–Crippen MR) is 69.7 cm³/mol. The lowest BCUT2D eigenvalue weighted by Crippen LogP contribution is -2.41. The van der Waals surface area contributed by atoms with Gasteiger partial charge in [0.25, 0.3) is 0 Å². The van der Waals surface area contributed by atoms with Crippen molar-refractivity contribution in [1.29, 1.82) is 0 Å². The quantitative estimate of drug-likeness (QED) is 0.781. The number of rotatable bonds is 1. The molecule has 2 rings (SSSR count). The van der Waals surface area contributed by atoms with Gasteiger partial charge in [-0.15, -0.1) is 11.3 Å². The van der Waals surface area contributed by atoms with E-state index in [1.165, 1.54) is 10.4 Å². The zero-order valence-corrected chi connectivity index (χ0v) is 11.5. The highest BCUT2D eigenvalue weighted by molar-refractivity contribution is 7.10. The number of aryl methyl sites for hydroxylation is 1. The van der Waals surface area contributed by atoms with Crippen LogP contribution in [0, 0.1) is 18.3 Å². The van der Waals surface area contributed by atoms with Crippen LogP contribution in [0.1, 0.15) is 50.5 Å². The maximum Gasteiger partial charge on any atom is 0.0932 e. The highest BCUT2D eigenvalue weighted by Crippen LogP contribution is 2.49. The van der Waals surface area contributed by atoms with Gasteiger partial charge in [-0.05, 0) is 54.5 Å². The van der Waals surface area contributed by atoms with Crippen molar-refractivity contribution in [2.45, 2.75) is 52.6 Å². The Morgan fingerprint density at radius 1 is 1.38 bits per heavy atom.